The van der Waals surface area contributed by atoms with Crippen LogP contribution in [-0.2, 0) is 0 Å². The van der Waals surface area contributed by atoms with E-state index in [-0.39, 0.29) is 11.6 Å². The van der Waals surface area contributed by atoms with Crippen molar-refractivity contribution in [2.24, 2.45) is 0 Å². The molecule has 5 nitrogen and oxygen atoms in total. The lowest BCUT2D eigenvalue weighted by Gasteiger charge is -2.39. The average molecular weight is 432 g/mol. The van der Waals surface area contributed by atoms with Crippen molar-refractivity contribution in [3.8, 4) is 11.5 Å². The van der Waals surface area contributed by atoms with E-state index < -0.39 is 6.04 Å². The topological polar surface area (TPSA) is 45.4 Å². The van der Waals surface area contributed by atoms with Crippen LogP contribution in [0.4, 0.5) is 14.5 Å². The third kappa shape index (κ3) is 4.11. The van der Waals surface area contributed by atoms with Crippen molar-refractivity contribution < 1.29 is 13.2 Å². The van der Waals surface area contributed by atoms with E-state index in [1.807, 2.05) is 36.4 Å². The van der Waals surface area contributed by atoms with E-state index in [9.17, 15) is 8.78 Å². The molecule has 1 aromatic heterocycles. The quantitative estimate of drug-likeness (QED) is 0.448. The maximum absolute atomic E-state index is 14.8. The fourth-order valence-corrected chi connectivity index (χ4v) is 4.12. The van der Waals surface area contributed by atoms with E-state index in [1.54, 1.807) is 24.3 Å². The molecule has 2 heterocycles. The smallest absolute Gasteiger partial charge is 0.247 e. The molecule has 0 bridgehead atoms. The van der Waals surface area contributed by atoms with Crippen molar-refractivity contribution in [1.82, 2.24) is 15.1 Å². The van der Waals surface area contributed by atoms with Crippen LogP contribution in [0.15, 0.2) is 83.3 Å². The van der Waals surface area contributed by atoms with E-state index in [0.29, 0.717) is 30.4 Å². The fraction of sp³-hybridized carbons (Fsp3) is 0.200. The summed E-state index contributed by atoms with van der Waals surface area (Å²) in [6.45, 7) is 2.77. The molecule has 0 N–H and O–H groups in total. The third-order valence-electron chi connectivity index (χ3n) is 5.77. The van der Waals surface area contributed by atoms with Gasteiger partial charge in [0, 0.05) is 43.0 Å². The Kier molecular flexibility index (Phi) is 5.64. The molecule has 1 aliphatic heterocycles. The molecule has 0 amide bonds. The van der Waals surface area contributed by atoms with Crippen LogP contribution in [0.25, 0.3) is 11.5 Å². The molecule has 0 aliphatic carbocycles. The number of hydrogen-bond donors (Lipinski definition) is 0. The molecule has 1 atom stereocenters. The van der Waals surface area contributed by atoms with Gasteiger partial charge in [-0.2, -0.15) is 0 Å². The second-order valence-electron chi connectivity index (χ2n) is 7.73. The highest BCUT2D eigenvalue weighted by molar-refractivity contribution is 5.52. The molecule has 0 unspecified atom stereocenters. The molecular weight excluding hydrogens is 410 g/mol. The van der Waals surface area contributed by atoms with Gasteiger partial charge in [0.15, 0.2) is 0 Å². The van der Waals surface area contributed by atoms with Gasteiger partial charge in [-0.15, -0.1) is 10.2 Å². The first-order valence-corrected chi connectivity index (χ1v) is 10.6. The minimum atomic E-state index is -0.489. The fourth-order valence-electron chi connectivity index (χ4n) is 4.12. The van der Waals surface area contributed by atoms with Gasteiger partial charge in [-0.3, -0.25) is 4.90 Å². The molecule has 162 valence electrons. The van der Waals surface area contributed by atoms with Crippen LogP contribution in [0.1, 0.15) is 17.5 Å². The van der Waals surface area contributed by atoms with Crippen LogP contribution in [-0.4, -0.2) is 41.3 Å². The molecule has 1 fully saturated rings. The number of rotatable bonds is 5. The summed E-state index contributed by atoms with van der Waals surface area (Å²) in [5.74, 6) is 0.214. The number of anilines is 1. The lowest BCUT2D eigenvalue weighted by molar-refractivity contribution is 0.184. The molecule has 1 saturated heterocycles. The van der Waals surface area contributed by atoms with Crippen LogP contribution in [0.5, 0.6) is 0 Å². The zero-order valence-electron chi connectivity index (χ0n) is 17.4. The van der Waals surface area contributed by atoms with E-state index in [1.165, 1.54) is 18.2 Å². The number of halogens is 2. The van der Waals surface area contributed by atoms with Crippen LogP contribution < -0.4 is 4.90 Å². The largest absolute Gasteiger partial charge is 0.419 e. The van der Waals surface area contributed by atoms with Crippen LogP contribution in [0, 0.1) is 11.6 Å². The molecule has 3 aromatic carbocycles. The Balaban J connectivity index is 1.42. The van der Waals surface area contributed by atoms with Crippen LogP contribution >= 0.6 is 0 Å². The molecule has 4 aromatic rings. The molecule has 0 radical (unpaired) electrons. The Hall–Kier alpha value is -3.58. The highest BCUT2D eigenvalue weighted by atomic mass is 19.1. The Morgan fingerprint density at radius 1 is 0.750 bits per heavy atom. The van der Waals surface area contributed by atoms with E-state index in [2.05, 4.69) is 20.0 Å². The summed E-state index contributed by atoms with van der Waals surface area (Å²) in [5, 5.41) is 8.51. The first kappa shape index (κ1) is 20.3. The molecule has 0 saturated carbocycles. The van der Waals surface area contributed by atoms with Crippen molar-refractivity contribution in [3.05, 3.63) is 102 Å². The second kappa shape index (κ2) is 8.88. The Morgan fingerprint density at radius 2 is 1.44 bits per heavy atom. The Bertz CT molecular complexity index is 1170. The summed E-state index contributed by atoms with van der Waals surface area (Å²) < 4.78 is 34.1. The van der Waals surface area contributed by atoms with Crippen LogP contribution in [0.3, 0.4) is 0 Å². The van der Waals surface area contributed by atoms with Gasteiger partial charge in [0.25, 0.3) is 0 Å². The lowest BCUT2D eigenvalue weighted by atomic mass is 10.0. The lowest BCUT2D eigenvalue weighted by Crippen LogP contribution is -2.48. The van der Waals surface area contributed by atoms with Gasteiger partial charge in [0.1, 0.15) is 17.7 Å². The van der Waals surface area contributed by atoms with Gasteiger partial charge < -0.3 is 9.32 Å². The maximum Gasteiger partial charge on any atom is 0.247 e. The van der Waals surface area contributed by atoms with Crippen molar-refractivity contribution in [2.75, 3.05) is 31.1 Å². The number of nitrogens with zero attached hydrogens (tertiary/aromatic N) is 4. The first-order chi connectivity index (χ1) is 15.7. The minimum absolute atomic E-state index is 0.252. The van der Waals surface area contributed by atoms with Gasteiger partial charge in [-0.25, -0.2) is 8.78 Å². The van der Waals surface area contributed by atoms with Crippen molar-refractivity contribution in [3.63, 3.8) is 0 Å². The molecule has 5 rings (SSSR count). The highest BCUT2D eigenvalue weighted by Gasteiger charge is 2.32. The van der Waals surface area contributed by atoms with Crippen molar-refractivity contribution in [2.45, 2.75) is 6.04 Å². The van der Waals surface area contributed by atoms with E-state index in [0.717, 1.165) is 24.3 Å². The van der Waals surface area contributed by atoms with E-state index in [4.69, 9.17) is 4.42 Å². The van der Waals surface area contributed by atoms with Gasteiger partial charge in [0.05, 0.1) is 0 Å². The Morgan fingerprint density at radius 3 is 2.16 bits per heavy atom. The van der Waals surface area contributed by atoms with Gasteiger partial charge in [-0.05, 0) is 42.5 Å². The number of hydrogen-bond acceptors (Lipinski definition) is 5. The minimum Gasteiger partial charge on any atom is -0.419 e. The molecule has 32 heavy (non-hydrogen) atoms. The zero-order chi connectivity index (χ0) is 21.9. The predicted molar refractivity (Wildman–Crippen MR) is 118 cm³/mol. The van der Waals surface area contributed by atoms with Gasteiger partial charge in [0.2, 0.25) is 11.8 Å². The van der Waals surface area contributed by atoms with Crippen molar-refractivity contribution >= 4 is 5.69 Å². The second-order valence-corrected chi connectivity index (χ2v) is 7.73. The first-order valence-electron chi connectivity index (χ1n) is 10.6. The average Bonchev–Trinajstić information content (AvgIpc) is 3.32. The summed E-state index contributed by atoms with van der Waals surface area (Å²) >= 11 is 0. The zero-order valence-corrected chi connectivity index (χ0v) is 17.4. The highest BCUT2D eigenvalue weighted by Crippen LogP contribution is 2.32. The SMILES string of the molecule is Fc1ccc(N2CCN([C@H](c3nnc(-c4ccccc4)o3)c3ccccc3F)CC2)cc1. The molecule has 0 spiro atoms. The monoisotopic (exact) mass is 432 g/mol. The summed E-state index contributed by atoms with van der Waals surface area (Å²) in [6, 6.07) is 22.2. The summed E-state index contributed by atoms with van der Waals surface area (Å²) in [4.78, 5) is 4.35. The van der Waals surface area contributed by atoms with Gasteiger partial charge in [-0.1, -0.05) is 36.4 Å². The maximum atomic E-state index is 14.8. The summed E-state index contributed by atoms with van der Waals surface area (Å²) in [6.07, 6.45) is 0. The predicted octanol–water partition coefficient (Wildman–Crippen LogP) is 4.93. The summed E-state index contributed by atoms with van der Waals surface area (Å²) in [7, 11) is 0. The standard InChI is InChI=1S/C25H22F2N4O/c26-19-10-12-20(13-11-19)30-14-16-31(17-15-30)23(21-8-4-5-9-22(21)27)25-29-28-24(32-25)18-6-2-1-3-7-18/h1-13,23H,14-17H2/t23-/m0/s1. The number of piperazine rings is 1. The van der Waals surface area contributed by atoms with Crippen molar-refractivity contribution in [1.29, 1.82) is 0 Å². The molecule has 7 heteroatoms. The Labute approximate surface area is 184 Å². The van der Waals surface area contributed by atoms with Gasteiger partial charge >= 0.3 is 0 Å². The van der Waals surface area contributed by atoms with E-state index >= 15 is 0 Å². The number of benzene rings is 3. The molecular formula is C25H22F2N4O. The molecule has 1 aliphatic rings. The normalized spacial score (nSPS) is 15.6. The number of aromatic nitrogens is 2. The summed E-state index contributed by atoms with van der Waals surface area (Å²) in [5.41, 5.74) is 2.29. The van der Waals surface area contributed by atoms with Crippen LogP contribution in [0.2, 0.25) is 0 Å². The third-order valence-corrected chi connectivity index (χ3v) is 5.77.